The van der Waals surface area contributed by atoms with Crippen LogP contribution in [0.5, 0.6) is 5.75 Å². The van der Waals surface area contributed by atoms with Crippen molar-refractivity contribution in [1.82, 2.24) is 40.2 Å². The molecule has 326 valence electrons. The number of hydrogen-bond acceptors (Lipinski definition) is 12. The number of likely N-dealkylation sites (tertiary alicyclic amines) is 1. The second-order valence-electron chi connectivity index (χ2n) is 18.3. The van der Waals surface area contributed by atoms with E-state index in [-0.39, 0.29) is 30.6 Å². The normalized spacial score (nSPS) is 23.0. The van der Waals surface area contributed by atoms with E-state index in [2.05, 4.69) is 47.1 Å². The number of nitrogens with one attached hydrogen (secondary N) is 2. The third-order valence-corrected chi connectivity index (χ3v) is 14.0. The van der Waals surface area contributed by atoms with Gasteiger partial charge in [0.05, 0.1) is 34.6 Å². The molecule has 1 unspecified atom stereocenters. The van der Waals surface area contributed by atoms with Gasteiger partial charge in [-0.25, -0.2) is 18.7 Å². The molecule has 17 heteroatoms. The summed E-state index contributed by atoms with van der Waals surface area (Å²) in [4.78, 5) is 69.8. The Bertz CT molecular complexity index is 2400. The maximum absolute atomic E-state index is 15.9. The van der Waals surface area contributed by atoms with Crippen molar-refractivity contribution in [2.75, 3.05) is 75.2 Å². The number of anilines is 2. The van der Waals surface area contributed by atoms with Crippen LogP contribution in [0.3, 0.4) is 0 Å². The van der Waals surface area contributed by atoms with Crippen LogP contribution in [0.4, 0.5) is 20.3 Å². The van der Waals surface area contributed by atoms with E-state index in [1.807, 2.05) is 35.2 Å². The van der Waals surface area contributed by atoms with Crippen molar-refractivity contribution in [3.63, 3.8) is 0 Å². The van der Waals surface area contributed by atoms with Gasteiger partial charge in [0.15, 0.2) is 0 Å². The predicted molar refractivity (Wildman–Crippen MR) is 226 cm³/mol. The Labute approximate surface area is 358 Å². The first kappa shape index (κ1) is 40.5. The summed E-state index contributed by atoms with van der Waals surface area (Å²) in [7, 11) is 0. The SMILES string of the molecule is CC1(Oc2ccc3[nH]nc(-c4cc(N5CCN(CC(F)(F)C6CCN(CC7CCN(c8cccc9c8C(=O)N(C8CCC(=O)NC8=O)C9=O)CC7)CC6)CC5)ncn4)c3c2)CC1. The number of nitrogens with zero attached hydrogens (tertiary/aromatic N) is 8. The fourth-order valence-electron chi connectivity index (χ4n) is 10.0. The smallest absolute Gasteiger partial charge is 0.264 e. The molecule has 0 spiro atoms. The van der Waals surface area contributed by atoms with Crippen LogP contribution < -0.4 is 19.9 Å². The van der Waals surface area contributed by atoms with Gasteiger partial charge in [0.2, 0.25) is 11.8 Å². The number of benzene rings is 2. The number of aromatic nitrogens is 4. The van der Waals surface area contributed by atoms with Gasteiger partial charge in [-0.2, -0.15) is 5.10 Å². The van der Waals surface area contributed by atoms with E-state index < -0.39 is 41.5 Å². The molecular formula is C45H52F2N10O5. The lowest BCUT2D eigenvalue weighted by atomic mass is 9.88. The van der Waals surface area contributed by atoms with E-state index in [1.165, 1.54) is 6.33 Å². The first-order chi connectivity index (χ1) is 29.9. The van der Waals surface area contributed by atoms with E-state index in [9.17, 15) is 19.2 Å². The number of fused-ring (bicyclic) bond motifs is 2. The van der Waals surface area contributed by atoms with Gasteiger partial charge in [-0.15, -0.1) is 0 Å². The van der Waals surface area contributed by atoms with Crippen LogP contribution in [0.1, 0.15) is 79.0 Å². The van der Waals surface area contributed by atoms with Crippen molar-refractivity contribution in [2.24, 2.45) is 11.8 Å². The van der Waals surface area contributed by atoms with Crippen LogP contribution in [-0.2, 0) is 9.59 Å². The van der Waals surface area contributed by atoms with Gasteiger partial charge in [-0.3, -0.25) is 39.4 Å². The number of hydrogen-bond donors (Lipinski definition) is 2. The molecule has 10 rings (SSSR count). The van der Waals surface area contributed by atoms with E-state index in [0.29, 0.717) is 88.1 Å². The van der Waals surface area contributed by atoms with Crippen LogP contribution in [0, 0.1) is 11.8 Å². The highest BCUT2D eigenvalue weighted by molar-refractivity contribution is 6.25. The zero-order valence-corrected chi connectivity index (χ0v) is 35.0. The number of piperidine rings is 3. The number of carbonyl (C=O) groups is 4. The van der Waals surface area contributed by atoms with Gasteiger partial charge in [-0.05, 0) is 101 Å². The Morgan fingerprint density at radius 3 is 2.35 bits per heavy atom. The van der Waals surface area contributed by atoms with E-state index >= 15 is 8.78 Å². The number of aromatic amines is 1. The van der Waals surface area contributed by atoms with Crippen LogP contribution in [0.2, 0.25) is 0 Å². The van der Waals surface area contributed by atoms with Crippen LogP contribution in [0.25, 0.3) is 22.3 Å². The molecular weight excluding hydrogens is 799 g/mol. The molecule has 5 aliphatic heterocycles. The average Bonchev–Trinajstić information content (AvgIpc) is 3.75. The molecule has 2 N–H and O–H groups in total. The van der Waals surface area contributed by atoms with Crippen molar-refractivity contribution in [3.05, 3.63) is 59.9 Å². The van der Waals surface area contributed by atoms with Gasteiger partial charge < -0.3 is 19.4 Å². The summed E-state index contributed by atoms with van der Waals surface area (Å²) in [5.41, 5.74) is 3.48. The summed E-state index contributed by atoms with van der Waals surface area (Å²) in [6.07, 6.45) is 6.47. The summed E-state index contributed by atoms with van der Waals surface area (Å²) < 4.78 is 37.9. The minimum absolute atomic E-state index is 0.0696. The van der Waals surface area contributed by atoms with Crippen molar-refractivity contribution in [1.29, 1.82) is 0 Å². The first-order valence-corrected chi connectivity index (χ1v) is 22.1. The number of alkyl halides is 2. The fourth-order valence-corrected chi connectivity index (χ4v) is 10.0. The van der Waals surface area contributed by atoms with Gasteiger partial charge in [0.1, 0.15) is 35.2 Å². The zero-order valence-electron chi connectivity index (χ0n) is 35.0. The zero-order chi connectivity index (χ0) is 42.8. The molecule has 2 aromatic carbocycles. The lowest BCUT2D eigenvalue weighted by molar-refractivity contribution is -0.136. The van der Waals surface area contributed by atoms with Crippen LogP contribution >= 0.6 is 0 Å². The lowest BCUT2D eigenvalue weighted by Crippen LogP contribution is -2.54. The standard InChI is InChI=1S/C45H52F2N10O5/c1-44(13-14-44)62-30-5-6-33-32(23-30)40(52-51-33)34-24-37(49-27-48-34)56-21-19-54(20-22-56)26-45(46,47)29-11-15-53(16-12-29)25-28-9-17-55(18-10-28)35-4-2-3-31-39(35)43(61)57(42(31)60)36-7-8-38(58)50-41(36)59/h2-6,23-24,27-29,36H,7-22,25-26H2,1H3,(H,51,52)(H,50,58,59). The van der Waals surface area contributed by atoms with Crippen LogP contribution in [-0.4, -0.2) is 142 Å². The maximum atomic E-state index is 15.9. The number of imide groups is 2. The Kier molecular flexibility index (Phi) is 10.4. The summed E-state index contributed by atoms with van der Waals surface area (Å²) >= 11 is 0. The molecule has 4 amide bonds. The van der Waals surface area contributed by atoms with Crippen LogP contribution in [0.15, 0.2) is 48.8 Å². The lowest BCUT2D eigenvalue weighted by Gasteiger charge is -2.42. The van der Waals surface area contributed by atoms with Gasteiger partial charge in [-0.1, -0.05) is 6.07 Å². The third kappa shape index (κ3) is 7.89. The fraction of sp³-hybridized carbons (Fsp3) is 0.533. The van der Waals surface area contributed by atoms with Crippen molar-refractivity contribution in [3.8, 4) is 17.1 Å². The number of carbonyl (C=O) groups excluding carboxylic acids is 4. The van der Waals surface area contributed by atoms with Crippen molar-refractivity contribution >= 4 is 46.0 Å². The van der Waals surface area contributed by atoms with E-state index in [0.717, 1.165) is 65.3 Å². The molecule has 4 saturated heterocycles. The number of amides is 4. The van der Waals surface area contributed by atoms with E-state index in [1.54, 1.807) is 12.1 Å². The molecule has 1 saturated carbocycles. The summed E-state index contributed by atoms with van der Waals surface area (Å²) in [5.74, 6) is -3.55. The molecule has 1 atom stereocenters. The highest BCUT2D eigenvalue weighted by Gasteiger charge is 2.47. The predicted octanol–water partition coefficient (Wildman–Crippen LogP) is 4.74. The number of ether oxygens (including phenoxy) is 1. The second kappa shape index (κ2) is 16.0. The molecule has 6 aliphatic rings. The number of halogens is 2. The number of H-pyrrole nitrogens is 1. The Hall–Kier alpha value is -5.55. The maximum Gasteiger partial charge on any atom is 0.264 e. The molecule has 4 aromatic rings. The van der Waals surface area contributed by atoms with Crippen molar-refractivity contribution < 1.29 is 32.7 Å². The number of piperazine rings is 1. The molecule has 15 nitrogen and oxygen atoms in total. The Morgan fingerprint density at radius 2 is 1.61 bits per heavy atom. The quantitative estimate of drug-likeness (QED) is 0.200. The van der Waals surface area contributed by atoms with Gasteiger partial charge >= 0.3 is 0 Å². The molecule has 2 aromatic heterocycles. The Balaban J connectivity index is 0.685. The molecule has 7 heterocycles. The molecule has 0 bridgehead atoms. The highest BCUT2D eigenvalue weighted by Crippen LogP contribution is 2.41. The summed E-state index contributed by atoms with van der Waals surface area (Å²) in [6.45, 7) is 7.60. The third-order valence-electron chi connectivity index (χ3n) is 14.0. The molecule has 1 aliphatic carbocycles. The van der Waals surface area contributed by atoms with Gasteiger partial charge in [0.25, 0.3) is 17.7 Å². The number of rotatable bonds is 11. The first-order valence-electron chi connectivity index (χ1n) is 22.1. The molecule has 62 heavy (non-hydrogen) atoms. The average molecular weight is 851 g/mol. The highest BCUT2D eigenvalue weighted by atomic mass is 19.3. The monoisotopic (exact) mass is 850 g/mol. The topological polar surface area (TPSA) is 160 Å². The summed E-state index contributed by atoms with van der Waals surface area (Å²) in [5, 5.41) is 10.8. The Morgan fingerprint density at radius 1 is 0.839 bits per heavy atom. The van der Waals surface area contributed by atoms with Crippen molar-refractivity contribution in [2.45, 2.75) is 75.9 Å². The minimum atomic E-state index is -2.79. The minimum Gasteiger partial charge on any atom is -0.488 e. The van der Waals surface area contributed by atoms with Gasteiger partial charge in [0, 0.05) is 69.6 Å². The van der Waals surface area contributed by atoms with E-state index in [4.69, 9.17) is 4.74 Å². The summed E-state index contributed by atoms with van der Waals surface area (Å²) in [6, 6.07) is 12.1. The second-order valence-corrected chi connectivity index (χ2v) is 18.3. The molecule has 0 radical (unpaired) electrons. The largest absolute Gasteiger partial charge is 0.488 e. The molecule has 5 fully saturated rings.